The molecule has 0 radical (unpaired) electrons. The van der Waals surface area contributed by atoms with E-state index in [0.29, 0.717) is 13.1 Å². The summed E-state index contributed by atoms with van der Waals surface area (Å²) in [6, 6.07) is 20.1. The molecule has 0 aliphatic carbocycles. The molecule has 136 valence electrons. The fraction of sp³-hybridized carbons (Fsp3) is 0.143. The van der Waals surface area contributed by atoms with Gasteiger partial charge in [-0.05, 0) is 30.0 Å². The van der Waals surface area contributed by atoms with Gasteiger partial charge >= 0.3 is 6.03 Å². The van der Waals surface area contributed by atoms with E-state index in [1.54, 1.807) is 11.3 Å². The van der Waals surface area contributed by atoms with Crippen LogP contribution >= 0.6 is 11.3 Å². The summed E-state index contributed by atoms with van der Waals surface area (Å²) in [5, 5.41) is 10.9. The third kappa shape index (κ3) is 3.85. The van der Waals surface area contributed by atoms with Gasteiger partial charge in [0, 0.05) is 29.4 Å². The maximum absolute atomic E-state index is 11.5. The van der Waals surface area contributed by atoms with Crippen LogP contribution in [0.5, 0.6) is 0 Å². The van der Waals surface area contributed by atoms with Gasteiger partial charge in [-0.2, -0.15) is 0 Å². The van der Waals surface area contributed by atoms with Gasteiger partial charge in [0.2, 0.25) is 0 Å². The zero-order valence-electron chi connectivity index (χ0n) is 14.9. The molecular weight excluding hydrogens is 358 g/mol. The van der Waals surface area contributed by atoms with Gasteiger partial charge in [-0.3, -0.25) is 0 Å². The number of amides is 2. The van der Waals surface area contributed by atoms with Crippen LogP contribution in [0.4, 0.5) is 4.79 Å². The number of aromatic nitrogens is 1. The van der Waals surface area contributed by atoms with Gasteiger partial charge in [0.25, 0.3) is 0 Å². The van der Waals surface area contributed by atoms with Gasteiger partial charge in [-0.1, -0.05) is 47.6 Å². The lowest BCUT2D eigenvalue weighted by Crippen LogP contribution is -2.34. The van der Waals surface area contributed by atoms with Crippen LogP contribution in [-0.2, 0) is 6.54 Å². The first-order valence-corrected chi connectivity index (χ1v) is 9.61. The zero-order chi connectivity index (χ0) is 18.6. The molecule has 6 heteroatoms. The van der Waals surface area contributed by atoms with Crippen LogP contribution in [0, 0.1) is 0 Å². The molecule has 0 atom stereocenters. The van der Waals surface area contributed by atoms with Crippen molar-refractivity contribution >= 4 is 27.5 Å². The molecule has 4 rings (SSSR count). The Morgan fingerprint density at radius 1 is 1.07 bits per heavy atom. The second kappa shape index (κ2) is 7.63. The normalized spacial score (nSPS) is 10.9. The van der Waals surface area contributed by atoms with E-state index < -0.39 is 0 Å². The number of nitrogens with one attached hydrogen (secondary N) is 2. The van der Waals surface area contributed by atoms with E-state index in [9.17, 15) is 4.79 Å². The van der Waals surface area contributed by atoms with Crippen molar-refractivity contribution in [2.45, 2.75) is 13.5 Å². The van der Waals surface area contributed by atoms with E-state index in [4.69, 9.17) is 4.52 Å². The average Bonchev–Trinajstić information content (AvgIpc) is 3.34. The highest BCUT2D eigenvalue weighted by Crippen LogP contribution is 2.35. The minimum Gasteiger partial charge on any atom is -0.355 e. The number of rotatable bonds is 5. The fourth-order valence-electron chi connectivity index (χ4n) is 2.83. The Bertz CT molecular complexity index is 1030. The van der Waals surface area contributed by atoms with Crippen LogP contribution in [0.3, 0.4) is 0 Å². The Balaban J connectivity index is 1.48. The second-order valence-electron chi connectivity index (χ2n) is 6.13. The van der Waals surface area contributed by atoms with Crippen LogP contribution in [0.2, 0.25) is 0 Å². The van der Waals surface area contributed by atoms with E-state index in [0.717, 1.165) is 27.5 Å². The number of benzene rings is 2. The number of fused-ring (bicyclic) bond motifs is 1. The molecule has 4 aromatic rings. The van der Waals surface area contributed by atoms with Crippen LogP contribution in [-0.4, -0.2) is 17.7 Å². The van der Waals surface area contributed by atoms with Crippen molar-refractivity contribution in [1.29, 1.82) is 0 Å². The highest BCUT2D eigenvalue weighted by Gasteiger charge is 2.11. The summed E-state index contributed by atoms with van der Waals surface area (Å²) in [6.45, 7) is 2.98. The van der Waals surface area contributed by atoms with Crippen LogP contribution < -0.4 is 10.6 Å². The summed E-state index contributed by atoms with van der Waals surface area (Å²) in [5.41, 5.74) is 2.80. The predicted molar refractivity (Wildman–Crippen MR) is 109 cm³/mol. The number of thiophene rings is 1. The summed E-state index contributed by atoms with van der Waals surface area (Å²) in [5.74, 6) is 0.771. The monoisotopic (exact) mass is 377 g/mol. The molecule has 2 N–H and O–H groups in total. The number of urea groups is 1. The summed E-state index contributed by atoms with van der Waals surface area (Å²) < 4.78 is 6.80. The zero-order valence-corrected chi connectivity index (χ0v) is 15.7. The molecule has 0 saturated heterocycles. The summed E-state index contributed by atoms with van der Waals surface area (Å²) >= 11 is 1.69. The van der Waals surface area contributed by atoms with E-state index in [2.05, 4.69) is 34.0 Å². The lowest BCUT2D eigenvalue weighted by Gasteiger charge is -2.06. The Morgan fingerprint density at radius 3 is 2.67 bits per heavy atom. The van der Waals surface area contributed by atoms with Crippen LogP contribution in [0.25, 0.3) is 32.0 Å². The highest BCUT2D eigenvalue weighted by molar-refractivity contribution is 7.22. The van der Waals surface area contributed by atoms with Gasteiger partial charge in [0.1, 0.15) is 5.69 Å². The van der Waals surface area contributed by atoms with Crippen molar-refractivity contribution in [2.24, 2.45) is 0 Å². The number of carbonyl (C=O) groups is 1. The number of hydrogen-bond donors (Lipinski definition) is 2. The topological polar surface area (TPSA) is 67.2 Å². The molecule has 2 aromatic heterocycles. The largest absolute Gasteiger partial charge is 0.355 e. The number of nitrogens with zero attached hydrogens (tertiary/aromatic N) is 1. The molecule has 2 heterocycles. The standard InChI is InChI=1S/C21H19N3O2S/c1-2-22-21(25)23-13-14-7-9-15(10-8-14)17-12-18(26-24-17)20-11-16-5-3-4-6-19(16)27-20/h3-12H,2,13H2,1H3,(H2,22,23,25). The van der Waals surface area contributed by atoms with Crippen LogP contribution in [0.15, 0.2) is 65.2 Å². The highest BCUT2D eigenvalue weighted by atomic mass is 32.1. The number of carbonyl (C=O) groups excluding carboxylic acids is 1. The maximum atomic E-state index is 11.5. The van der Waals surface area contributed by atoms with Gasteiger partial charge in [-0.25, -0.2) is 4.79 Å². The average molecular weight is 377 g/mol. The molecule has 27 heavy (non-hydrogen) atoms. The molecule has 0 spiro atoms. The minimum atomic E-state index is -0.161. The first kappa shape index (κ1) is 17.3. The third-order valence-electron chi connectivity index (χ3n) is 4.22. The van der Waals surface area contributed by atoms with Crippen molar-refractivity contribution in [2.75, 3.05) is 6.54 Å². The molecule has 0 unspecified atom stereocenters. The van der Waals surface area contributed by atoms with Gasteiger partial charge < -0.3 is 15.2 Å². The predicted octanol–water partition coefficient (Wildman–Crippen LogP) is 5.04. The molecule has 0 bridgehead atoms. The van der Waals surface area contributed by atoms with Crippen molar-refractivity contribution in [1.82, 2.24) is 15.8 Å². The molecule has 0 fully saturated rings. The summed E-state index contributed by atoms with van der Waals surface area (Å²) in [4.78, 5) is 12.5. The van der Waals surface area contributed by atoms with Crippen molar-refractivity contribution < 1.29 is 9.32 Å². The van der Waals surface area contributed by atoms with Crippen molar-refractivity contribution in [3.05, 3.63) is 66.2 Å². The van der Waals surface area contributed by atoms with Gasteiger partial charge in [0.15, 0.2) is 5.76 Å². The van der Waals surface area contributed by atoms with E-state index in [-0.39, 0.29) is 6.03 Å². The summed E-state index contributed by atoms with van der Waals surface area (Å²) in [7, 11) is 0. The second-order valence-corrected chi connectivity index (χ2v) is 7.22. The van der Waals surface area contributed by atoms with Gasteiger partial charge in [0.05, 0.1) is 4.88 Å². The molecule has 0 saturated carbocycles. The quantitative estimate of drug-likeness (QED) is 0.512. The van der Waals surface area contributed by atoms with E-state index in [1.165, 1.54) is 10.1 Å². The smallest absolute Gasteiger partial charge is 0.315 e. The lowest BCUT2D eigenvalue weighted by atomic mass is 10.1. The molecule has 0 aliphatic heterocycles. The van der Waals surface area contributed by atoms with E-state index >= 15 is 0 Å². The molecular formula is C21H19N3O2S. The van der Waals surface area contributed by atoms with E-state index in [1.807, 2.05) is 49.4 Å². The Labute approximate surface area is 161 Å². The minimum absolute atomic E-state index is 0.161. The van der Waals surface area contributed by atoms with Crippen LogP contribution in [0.1, 0.15) is 12.5 Å². The SMILES string of the molecule is CCNC(=O)NCc1ccc(-c2cc(-c3cc4ccccc4s3)on2)cc1. The molecule has 5 nitrogen and oxygen atoms in total. The Hall–Kier alpha value is -3.12. The van der Waals surface area contributed by atoms with Gasteiger partial charge in [-0.15, -0.1) is 11.3 Å². The first-order valence-electron chi connectivity index (χ1n) is 8.79. The summed E-state index contributed by atoms with van der Waals surface area (Å²) in [6.07, 6.45) is 0. The lowest BCUT2D eigenvalue weighted by molar-refractivity contribution is 0.241. The number of hydrogen-bond acceptors (Lipinski definition) is 4. The molecule has 0 aliphatic rings. The van der Waals surface area contributed by atoms with Crippen molar-refractivity contribution in [3.63, 3.8) is 0 Å². The molecule has 2 aromatic carbocycles. The maximum Gasteiger partial charge on any atom is 0.315 e. The Morgan fingerprint density at radius 2 is 1.89 bits per heavy atom. The Kier molecular flexibility index (Phi) is 4.89. The first-order chi connectivity index (χ1) is 13.2. The third-order valence-corrected chi connectivity index (χ3v) is 5.35. The molecule has 2 amide bonds. The van der Waals surface area contributed by atoms with Crippen molar-refractivity contribution in [3.8, 4) is 21.9 Å². The fourth-order valence-corrected chi connectivity index (χ4v) is 3.84.